The zero-order chi connectivity index (χ0) is 13.1. The number of benzene rings is 1. The molecule has 0 bridgehead atoms. The van der Waals surface area contributed by atoms with Crippen LogP contribution in [-0.4, -0.2) is 9.55 Å². The summed E-state index contributed by atoms with van der Waals surface area (Å²) >= 11 is 5.24. The summed E-state index contributed by atoms with van der Waals surface area (Å²) in [4.78, 5) is 5.83. The van der Waals surface area contributed by atoms with E-state index < -0.39 is 0 Å². The van der Waals surface area contributed by atoms with Crippen molar-refractivity contribution >= 4 is 27.3 Å². The first-order chi connectivity index (χ1) is 9.31. The maximum atomic E-state index is 4.47. The number of thiophene rings is 1. The van der Waals surface area contributed by atoms with Crippen LogP contribution in [0.3, 0.4) is 0 Å². The number of imidazole rings is 1. The van der Waals surface area contributed by atoms with Gasteiger partial charge in [0.25, 0.3) is 0 Å². The van der Waals surface area contributed by atoms with Crippen molar-refractivity contribution in [3.63, 3.8) is 0 Å². The minimum atomic E-state index is 0.867. The van der Waals surface area contributed by atoms with Gasteiger partial charge in [-0.15, -0.1) is 11.3 Å². The number of aromatic nitrogens is 2. The molecule has 96 valence electrons. The maximum Gasteiger partial charge on any atom is 0.113 e. The van der Waals surface area contributed by atoms with Crippen LogP contribution in [0.5, 0.6) is 0 Å². The molecule has 0 saturated carbocycles. The molecular weight excluding hydrogens is 320 g/mol. The summed E-state index contributed by atoms with van der Waals surface area (Å²) in [5.41, 5.74) is 1.28. The summed E-state index contributed by atoms with van der Waals surface area (Å²) in [5, 5.41) is 2.11. The van der Waals surface area contributed by atoms with E-state index in [0.29, 0.717) is 0 Å². The average Bonchev–Trinajstić information content (AvgIpc) is 3.06. The predicted molar refractivity (Wildman–Crippen MR) is 82.6 cm³/mol. The number of hydrogen-bond donors (Lipinski definition) is 0. The van der Waals surface area contributed by atoms with Gasteiger partial charge in [0.15, 0.2) is 0 Å². The van der Waals surface area contributed by atoms with Gasteiger partial charge in [0, 0.05) is 28.2 Å². The summed E-state index contributed by atoms with van der Waals surface area (Å²) in [7, 11) is 0. The Hall–Kier alpha value is -1.39. The van der Waals surface area contributed by atoms with Crippen LogP contribution in [0.4, 0.5) is 0 Å². The second-order valence-corrected chi connectivity index (χ2v) is 6.30. The molecule has 0 saturated heterocycles. The predicted octanol–water partition coefficient (Wildman–Crippen LogP) is 4.35. The zero-order valence-corrected chi connectivity index (χ0v) is 12.7. The van der Waals surface area contributed by atoms with Crippen LogP contribution in [0.2, 0.25) is 0 Å². The fraction of sp³-hybridized carbons (Fsp3) is 0.133. The lowest BCUT2D eigenvalue weighted by molar-refractivity contribution is 0.749. The van der Waals surface area contributed by atoms with Gasteiger partial charge < -0.3 is 4.57 Å². The van der Waals surface area contributed by atoms with E-state index in [0.717, 1.165) is 23.3 Å². The van der Waals surface area contributed by atoms with Gasteiger partial charge in [-0.2, -0.15) is 0 Å². The highest BCUT2D eigenvalue weighted by atomic mass is 79.9. The maximum absolute atomic E-state index is 4.47. The van der Waals surface area contributed by atoms with Gasteiger partial charge in [0.2, 0.25) is 0 Å². The molecule has 0 unspecified atom stereocenters. The highest BCUT2D eigenvalue weighted by molar-refractivity contribution is 9.10. The molecule has 0 fully saturated rings. The van der Waals surface area contributed by atoms with Gasteiger partial charge in [-0.3, -0.25) is 0 Å². The topological polar surface area (TPSA) is 17.8 Å². The fourth-order valence-corrected chi connectivity index (χ4v) is 2.97. The Bertz CT molecular complexity index is 641. The number of nitrogens with zero attached hydrogens (tertiary/aromatic N) is 2. The molecule has 0 amide bonds. The molecule has 2 heterocycles. The summed E-state index contributed by atoms with van der Waals surface area (Å²) in [6, 6.07) is 12.7. The van der Waals surface area contributed by atoms with E-state index >= 15 is 0 Å². The van der Waals surface area contributed by atoms with E-state index in [9.17, 15) is 0 Å². The largest absolute Gasteiger partial charge is 0.329 e. The Morgan fingerprint density at radius 1 is 1.16 bits per heavy atom. The lowest BCUT2D eigenvalue weighted by atomic mass is 10.1. The third-order valence-electron chi connectivity index (χ3n) is 2.98. The normalized spacial score (nSPS) is 10.8. The Balaban J connectivity index is 1.78. The van der Waals surface area contributed by atoms with E-state index in [4.69, 9.17) is 0 Å². The van der Waals surface area contributed by atoms with Crippen molar-refractivity contribution in [1.29, 1.82) is 0 Å². The average molecular weight is 333 g/mol. The highest BCUT2D eigenvalue weighted by Gasteiger charge is 2.05. The molecule has 2 aromatic heterocycles. The molecule has 0 spiro atoms. The van der Waals surface area contributed by atoms with Crippen molar-refractivity contribution in [3.05, 3.63) is 74.9 Å². The Morgan fingerprint density at radius 2 is 2.00 bits per heavy atom. The van der Waals surface area contributed by atoms with E-state index in [1.807, 2.05) is 12.4 Å². The zero-order valence-electron chi connectivity index (χ0n) is 10.3. The highest BCUT2D eigenvalue weighted by Crippen LogP contribution is 2.16. The minimum Gasteiger partial charge on any atom is -0.329 e. The second-order valence-electron chi connectivity index (χ2n) is 4.35. The van der Waals surface area contributed by atoms with Crippen molar-refractivity contribution in [2.75, 3.05) is 0 Å². The monoisotopic (exact) mass is 332 g/mol. The molecule has 0 aliphatic heterocycles. The lowest BCUT2D eigenvalue weighted by Crippen LogP contribution is -2.04. The number of halogens is 1. The van der Waals surface area contributed by atoms with Crippen molar-refractivity contribution in [3.8, 4) is 0 Å². The van der Waals surface area contributed by atoms with Gasteiger partial charge in [-0.25, -0.2) is 4.98 Å². The SMILES string of the molecule is Brc1ccc(Cc2nccn2Cc2cccs2)cc1. The van der Waals surface area contributed by atoms with Crippen molar-refractivity contribution < 1.29 is 0 Å². The molecule has 19 heavy (non-hydrogen) atoms. The van der Waals surface area contributed by atoms with Gasteiger partial charge in [0.1, 0.15) is 5.82 Å². The van der Waals surface area contributed by atoms with Crippen LogP contribution in [0.1, 0.15) is 16.3 Å². The molecule has 1 aromatic carbocycles. The van der Waals surface area contributed by atoms with Gasteiger partial charge in [-0.05, 0) is 29.1 Å². The van der Waals surface area contributed by atoms with Crippen LogP contribution in [0, 0.1) is 0 Å². The van der Waals surface area contributed by atoms with Crippen LogP contribution in [-0.2, 0) is 13.0 Å². The second kappa shape index (κ2) is 5.72. The molecule has 2 nitrogen and oxygen atoms in total. The van der Waals surface area contributed by atoms with E-state index in [1.54, 1.807) is 11.3 Å². The third-order valence-corrected chi connectivity index (χ3v) is 4.37. The smallest absolute Gasteiger partial charge is 0.113 e. The fourth-order valence-electron chi connectivity index (χ4n) is 2.01. The van der Waals surface area contributed by atoms with Gasteiger partial charge >= 0.3 is 0 Å². The van der Waals surface area contributed by atoms with Crippen LogP contribution >= 0.6 is 27.3 Å². The Kier molecular flexibility index (Phi) is 3.80. The molecule has 3 rings (SSSR count). The van der Waals surface area contributed by atoms with Gasteiger partial charge in [0.05, 0.1) is 6.54 Å². The first kappa shape index (κ1) is 12.6. The van der Waals surface area contributed by atoms with E-state index in [1.165, 1.54) is 10.4 Å². The molecule has 3 aromatic rings. The molecule has 4 heteroatoms. The quantitative estimate of drug-likeness (QED) is 0.694. The molecular formula is C15H13BrN2S. The molecule has 0 radical (unpaired) electrons. The minimum absolute atomic E-state index is 0.867. The Labute approximate surface area is 124 Å². The molecule has 0 N–H and O–H groups in total. The van der Waals surface area contributed by atoms with Crippen LogP contribution in [0.25, 0.3) is 0 Å². The summed E-state index contributed by atoms with van der Waals surface area (Å²) < 4.78 is 3.33. The first-order valence-corrected chi connectivity index (χ1v) is 7.75. The van der Waals surface area contributed by atoms with E-state index in [-0.39, 0.29) is 0 Å². The molecule has 0 aliphatic carbocycles. The van der Waals surface area contributed by atoms with Crippen molar-refractivity contribution in [1.82, 2.24) is 9.55 Å². The third kappa shape index (κ3) is 3.14. The standard InChI is InChI=1S/C15H13BrN2S/c16-13-5-3-12(4-6-13)10-15-17-7-8-18(15)11-14-2-1-9-19-14/h1-9H,10-11H2. The summed E-state index contributed by atoms with van der Waals surface area (Å²) in [5.74, 6) is 1.11. The molecule has 0 aliphatic rings. The van der Waals surface area contributed by atoms with Crippen molar-refractivity contribution in [2.45, 2.75) is 13.0 Å². The first-order valence-electron chi connectivity index (χ1n) is 6.08. The van der Waals surface area contributed by atoms with E-state index in [2.05, 4.69) is 67.3 Å². The number of rotatable bonds is 4. The van der Waals surface area contributed by atoms with Crippen LogP contribution in [0.15, 0.2) is 58.6 Å². The Morgan fingerprint density at radius 3 is 2.74 bits per heavy atom. The summed E-state index contributed by atoms with van der Waals surface area (Å²) in [6.07, 6.45) is 4.79. The summed E-state index contributed by atoms with van der Waals surface area (Å²) in [6.45, 7) is 0.906. The molecule has 0 atom stereocenters. The van der Waals surface area contributed by atoms with Crippen molar-refractivity contribution in [2.24, 2.45) is 0 Å². The van der Waals surface area contributed by atoms with Crippen LogP contribution < -0.4 is 0 Å². The van der Waals surface area contributed by atoms with Gasteiger partial charge in [-0.1, -0.05) is 34.1 Å². The number of hydrogen-bond acceptors (Lipinski definition) is 2. The lowest BCUT2D eigenvalue weighted by Gasteiger charge is -2.06.